The third-order valence-corrected chi connectivity index (χ3v) is 4.02. The van der Waals surface area contributed by atoms with E-state index in [4.69, 9.17) is 10.2 Å². The highest BCUT2D eigenvalue weighted by molar-refractivity contribution is 7.89. The van der Waals surface area contributed by atoms with Gasteiger partial charge in [0.2, 0.25) is 10.0 Å². The summed E-state index contributed by atoms with van der Waals surface area (Å²) in [5, 5.41) is 0.541. The van der Waals surface area contributed by atoms with Gasteiger partial charge in [-0.2, -0.15) is 0 Å². The minimum atomic E-state index is -3.64. The van der Waals surface area contributed by atoms with Crippen LogP contribution in [0.2, 0.25) is 0 Å². The topological polar surface area (TPSA) is 102 Å². The van der Waals surface area contributed by atoms with Crippen LogP contribution in [0.3, 0.4) is 0 Å². The average Bonchev–Trinajstić information content (AvgIpc) is 2.35. The number of sulfonamides is 1. The first-order chi connectivity index (χ1) is 9.17. The highest BCUT2D eigenvalue weighted by Crippen LogP contribution is 2.17. The van der Waals surface area contributed by atoms with Gasteiger partial charge in [0, 0.05) is 23.5 Å². The molecular formula is C13H16N2O4S. The summed E-state index contributed by atoms with van der Waals surface area (Å²) in [4.78, 5) is 11.2. The smallest absolute Gasteiger partial charge is 0.336 e. The van der Waals surface area contributed by atoms with Crippen LogP contribution < -0.4 is 16.1 Å². The number of nitrogens with one attached hydrogen (secondary N) is 1. The molecule has 0 aliphatic heterocycles. The summed E-state index contributed by atoms with van der Waals surface area (Å²) in [5.74, 6) is 0. The highest BCUT2D eigenvalue weighted by Gasteiger charge is 2.19. The highest BCUT2D eigenvalue weighted by atomic mass is 32.2. The van der Waals surface area contributed by atoms with Gasteiger partial charge < -0.3 is 10.2 Å². The first-order valence-corrected chi connectivity index (χ1v) is 7.48. The molecule has 0 bridgehead atoms. The van der Waals surface area contributed by atoms with Crippen LogP contribution >= 0.6 is 0 Å². The van der Waals surface area contributed by atoms with E-state index >= 15 is 0 Å². The molecule has 1 heterocycles. The molecule has 0 radical (unpaired) electrons. The second-order valence-electron chi connectivity index (χ2n) is 5.27. The predicted molar refractivity (Wildman–Crippen MR) is 75.9 cm³/mol. The largest absolute Gasteiger partial charge is 0.423 e. The second kappa shape index (κ2) is 5.01. The Morgan fingerprint density at radius 3 is 2.60 bits per heavy atom. The zero-order valence-corrected chi connectivity index (χ0v) is 12.0. The Morgan fingerprint density at radius 1 is 1.25 bits per heavy atom. The fourth-order valence-corrected chi connectivity index (χ4v) is 2.84. The van der Waals surface area contributed by atoms with Crippen LogP contribution in [0.4, 0.5) is 0 Å². The lowest BCUT2D eigenvalue weighted by Crippen LogP contribution is -2.45. The van der Waals surface area contributed by atoms with Crippen molar-refractivity contribution in [2.75, 3.05) is 6.54 Å². The van der Waals surface area contributed by atoms with E-state index in [9.17, 15) is 13.2 Å². The number of hydrogen-bond donors (Lipinski definition) is 2. The van der Waals surface area contributed by atoms with Gasteiger partial charge >= 0.3 is 5.63 Å². The fourth-order valence-electron chi connectivity index (χ4n) is 1.58. The molecule has 1 aromatic heterocycles. The van der Waals surface area contributed by atoms with Crippen LogP contribution in [0.1, 0.15) is 13.8 Å². The van der Waals surface area contributed by atoms with E-state index in [1.54, 1.807) is 13.8 Å². The normalized spacial score (nSPS) is 12.8. The molecule has 0 aliphatic rings. The molecular weight excluding hydrogens is 280 g/mol. The molecule has 0 aliphatic carbocycles. The lowest BCUT2D eigenvalue weighted by molar-refractivity contribution is 0.498. The van der Waals surface area contributed by atoms with Crippen LogP contribution in [0, 0.1) is 0 Å². The zero-order valence-electron chi connectivity index (χ0n) is 11.2. The first-order valence-electron chi connectivity index (χ1n) is 6.00. The summed E-state index contributed by atoms with van der Waals surface area (Å²) in [5.41, 5.74) is 4.98. The molecule has 0 fully saturated rings. The van der Waals surface area contributed by atoms with Crippen molar-refractivity contribution in [3.63, 3.8) is 0 Å². The average molecular weight is 296 g/mol. The van der Waals surface area contributed by atoms with E-state index in [1.165, 1.54) is 30.3 Å². The number of hydrogen-bond acceptors (Lipinski definition) is 5. The van der Waals surface area contributed by atoms with Crippen LogP contribution in [0.15, 0.2) is 44.4 Å². The second-order valence-corrected chi connectivity index (χ2v) is 7.03. The molecule has 20 heavy (non-hydrogen) atoms. The first kappa shape index (κ1) is 14.7. The van der Waals surface area contributed by atoms with Gasteiger partial charge in [0.25, 0.3) is 0 Å². The molecule has 0 spiro atoms. The SMILES string of the molecule is CC(C)(N)CNS(=O)(=O)c1ccc2oc(=O)ccc2c1. The molecule has 2 rings (SSSR count). The van der Waals surface area contributed by atoms with Gasteiger partial charge in [-0.1, -0.05) is 0 Å². The van der Waals surface area contributed by atoms with Gasteiger partial charge in [0.1, 0.15) is 5.58 Å². The van der Waals surface area contributed by atoms with Crippen molar-refractivity contribution < 1.29 is 12.8 Å². The molecule has 0 saturated carbocycles. The summed E-state index contributed by atoms with van der Waals surface area (Å²) in [6.45, 7) is 3.58. The lowest BCUT2D eigenvalue weighted by Gasteiger charge is -2.19. The Labute approximate surface area is 116 Å². The Hall–Kier alpha value is -1.70. The Bertz CT molecular complexity index is 788. The van der Waals surface area contributed by atoms with Crippen molar-refractivity contribution in [3.8, 4) is 0 Å². The van der Waals surface area contributed by atoms with E-state index in [1.807, 2.05) is 0 Å². The lowest BCUT2D eigenvalue weighted by atomic mass is 10.1. The Morgan fingerprint density at radius 2 is 1.95 bits per heavy atom. The van der Waals surface area contributed by atoms with E-state index in [-0.39, 0.29) is 11.4 Å². The molecule has 0 unspecified atom stereocenters. The predicted octanol–water partition coefficient (Wildman–Crippen LogP) is 0.809. The molecule has 1 aromatic carbocycles. The maximum absolute atomic E-state index is 12.1. The summed E-state index contributed by atoms with van der Waals surface area (Å²) in [7, 11) is -3.64. The summed E-state index contributed by atoms with van der Waals surface area (Å²) in [6.07, 6.45) is 0. The number of fused-ring (bicyclic) bond motifs is 1. The summed E-state index contributed by atoms with van der Waals surface area (Å²) in [6, 6.07) is 7.06. The maximum Gasteiger partial charge on any atom is 0.336 e. The van der Waals surface area contributed by atoms with Crippen molar-refractivity contribution in [2.24, 2.45) is 5.73 Å². The van der Waals surface area contributed by atoms with Crippen molar-refractivity contribution in [3.05, 3.63) is 40.8 Å². The van der Waals surface area contributed by atoms with E-state index in [2.05, 4.69) is 4.72 Å². The molecule has 3 N–H and O–H groups in total. The third-order valence-electron chi connectivity index (χ3n) is 2.62. The van der Waals surface area contributed by atoms with Crippen LogP contribution in [-0.2, 0) is 10.0 Å². The standard InChI is InChI=1S/C13H16N2O4S/c1-13(2,14)8-15-20(17,18)10-4-5-11-9(7-10)3-6-12(16)19-11/h3-7,15H,8,14H2,1-2H3. The van der Waals surface area contributed by atoms with E-state index < -0.39 is 21.2 Å². The fraction of sp³-hybridized carbons (Fsp3) is 0.308. The van der Waals surface area contributed by atoms with Crippen LogP contribution in [0.5, 0.6) is 0 Å². The van der Waals surface area contributed by atoms with Gasteiger partial charge in [-0.25, -0.2) is 17.9 Å². The van der Waals surface area contributed by atoms with Crippen molar-refractivity contribution in [1.29, 1.82) is 0 Å². The van der Waals surface area contributed by atoms with Crippen molar-refractivity contribution in [2.45, 2.75) is 24.3 Å². The number of rotatable bonds is 4. The minimum absolute atomic E-state index is 0.100. The number of nitrogens with two attached hydrogens (primary N) is 1. The monoisotopic (exact) mass is 296 g/mol. The zero-order chi connectivity index (χ0) is 15.0. The maximum atomic E-state index is 12.1. The molecule has 0 amide bonds. The van der Waals surface area contributed by atoms with E-state index in [0.29, 0.717) is 11.0 Å². The van der Waals surface area contributed by atoms with Gasteiger partial charge in [0.05, 0.1) is 4.90 Å². The van der Waals surface area contributed by atoms with Crippen molar-refractivity contribution in [1.82, 2.24) is 4.72 Å². The molecule has 6 nitrogen and oxygen atoms in total. The van der Waals surface area contributed by atoms with Gasteiger partial charge in [-0.15, -0.1) is 0 Å². The molecule has 2 aromatic rings. The quantitative estimate of drug-likeness (QED) is 0.813. The van der Waals surface area contributed by atoms with Crippen LogP contribution in [-0.4, -0.2) is 20.5 Å². The van der Waals surface area contributed by atoms with Gasteiger partial charge in [-0.05, 0) is 38.1 Å². The Kier molecular flexibility index (Phi) is 3.68. The third kappa shape index (κ3) is 3.44. The van der Waals surface area contributed by atoms with Crippen molar-refractivity contribution >= 4 is 21.0 Å². The van der Waals surface area contributed by atoms with Crippen LogP contribution in [0.25, 0.3) is 11.0 Å². The minimum Gasteiger partial charge on any atom is -0.423 e. The van der Waals surface area contributed by atoms with Gasteiger partial charge in [-0.3, -0.25) is 0 Å². The molecule has 7 heteroatoms. The van der Waals surface area contributed by atoms with E-state index in [0.717, 1.165) is 0 Å². The molecule has 0 atom stereocenters. The van der Waals surface area contributed by atoms with Gasteiger partial charge in [0.15, 0.2) is 0 Å². The Balaban J connectivity index is 2.37. The molecule has 108 valence electrons. The number of benzene rings is 1. The summed E-state index contributed by atoms with van der Waals surface area (Å²) >= 11 is 0. The summed E-state index contributed by atoms with van der Waals surface area (Å²) < 4.78 is 31.7. The molecule has 0 saturated heterocycles.